The fraction of sp³-hybridized carbons (Fsp3) is 0.444. The Kier molecular flexibility index (Phi) is 4.55. The first-order valence-electron chi connectivity index (χ1n) is 8.42. The zero-order valence-corrected chi connectivity index (χ0v) is 14.9. The lowest BCUT2D eigenvalue weighted by molar-refractivity contribution is -0.119. The second-order valence-corrected chi connectivity index (χ2v) is 8.00. The fourth-order valence-corrected chi connectivity index (χ4v) is 4.08. The van der Waals surface area contributed by atoms with Gasteiger partial charge >= 0.3 is 0 Å². The van der Waals surface area contributed by atoms with Crippen LogP contribution in [0.15, 0.2) is 41.8 Å². The van der Waals surface area contributed by atoms with Gasteiger partial charge < -0.3 is 5.32 Å². The number of benzene rings is 1. The monoisotopic (exact) mass is 361 g/mol. The summed E-state index contributed by atoms with van der Waals surface area (Å²) in [5, 5.41) is 4.75. The topological polar surface area (TPSA) is 46.9 Å². The number of rotatable bonds is 7. The van der Waals surface area contributed by atoms with Crippen LogP contribution in [0, 0.1) is 11.8 Å². The Hall–Kier alpha value is -1.46. The molecule has 0 spiro atoms. The SMILES string of the molecule is O=C(CSc1nccn1-c1cccc(Cl)c1)NC(C1CC1)C1CC1. The summed E-state index contributed by atoms with van der Waals surface area (Å²) in [6, 6.07) is 8.04. The number of nitrogens with one attached hydrogen (secondary N) is 1. The van der Waals surface area contributed by atoms with Crippen LogP contribution in [0.1, 0.15) is 25.7 Å². The lowest BCUT2D eigenvalue weighted by Gasteiger charge is -2.17. The van der Waals surface area contributed by atoms with E-state index in [1.54, 1.807) is 6.20 Å². The molecular formula is C18H20ClN3OS. The van der Waals surface area contributed by atoms with E-state index < -0.39 is 0 Å². The molecule has 1 aromatic heterocycles. The molecule has 0 radical (unpaired) electrons. The summed E-state index contributed by atoms with van der Waals surface area (Å²) in [6.45, 7) is 0. The molecule has 0 aliphatic heterocycles. The van der Waals surface area contributed by atoms with Gasteiger partial charge in [0.25, 0.3) is 0 Å². The molecule has 1 amide bonds. The van der Waals surface area contributed by atoms with Crippen molar-refractivity contribution in [3.63, 3.8) is 0 Å². The minimum Gasteiger partial charge on any atom is -0.352 e. The zero-order chi connectivity index (χ0) is 16.5. The van der Waals surface area contributed by atoms with Crippen LogP contribution in [0.3, 0.4) is 0 Å². The molecule has 2 saturated carbocycles. The summed E-state index contributed by atoms with van der Waals surface area (Å²) in [7, 11) is 0. The van der Waals surface area contributed by atoms with Crippen LogP contribution in [0.25, 0.3) is 5.69 Å². The maximum absolute atomic E-state index is 12.3. The van der Waals surface area contributed by atoms with Gasteiger partial charge in [-0.2, -0.15) is 0 Å². The van der Waals surface area contributed by atoms with Gasteiger partial charge in [-0.3, -0.25) is 9.36 Å². The third-order valence-corrected chi connectivity index (χ3v) is 5.81. The largest absolute Gasteiger partial charge is 0.352 e. The van der Waals surface area contributed by atoms with Gasteiger partial charge in [-0.1, -0.05) is 29.4 Å². The minimum atomic E-state index is 0.115. The molecule has 0 unspecified atom stereocenters. The van der Waals surface area contributed by atoms with Gasteiger partial charge in [-0.25, -0.2) is 4.98 Å². The number of amides is 1. The van der Waals surface area contributed by atoms with Crippen molar-refractivity contribution in [1.82, 2.24) is 14.9 Å². The van der Waals surface area contributed by atoms with Crippen molar-refractivity contribution in [1.29, 1.82) is 0 Å². The molecule has 4 nitrogen and oxygen atoms in total. The van der Waals surface area contributed by atoms with Crippen LogP contribution in [0.5, 0.6) is 0 Å². The Labute approximate surface area is 151 Å². The highest BCUT2D eigenvalue weighted by atomic mass is 35.5. The molecule has 2 aromatic rings. The first-order chi connectivity index (χ1) is 11.7. The average Bonchev–Trinajstić information content (AvgIpc) is 3.49. The molecule has 0 atom stereocenters. The third kappa shape index (κ3) is 3.78. The van der Waals surface area contributed by atoms with E-state index in [-0.39, 0.29) is 5.91 Å². The predicted molar refractivity (Wildman–Crippen MR) is 96.7 cm³/mol. The Bertz CT molecular complexity index is 727. The minimum absolute atomic E-state index is 0.115. The van der Waals surface area contributed by atoms with Crippen molar-refractivity contribution in [2.24, 2.45) is 11.8 Å². The van der Waals surface area contributed by atoms with Gasteiger partial charge in [0.15, 0.2) is 5.16 Å². The van der Waals surface area contributed by atoms with E-state index in [0.29, 0.717) is 16.8 Å². The molecule has 1 aromatic carbocycles. The molecule has 0 saturated heterocycles. The van der Waals surface area contributed by atoms with E-state index in [1.807, 2.05) is 35.0 Å². The number of thioether (sulfide) groups is 1. The van der Waals surface area contributed by atoms with Gasteiger partial charge in [0.1, 0.15) is 0 Å². The second-order valence-electron chi connectivity index (χ2n) is 6.62. The lowest BCUT2D eigenvalue weighted by atomic mass is 10.1. The lowest BCUT2D eigenvalue weighted by Crippen LogP contribution is -2.39. The molecule has 24 heavy (non-hydrogen) atoms. The van der Waals surface area contributed by atoms with Crippen LogP contribution >= 0.6 is 23.4 Å². The van der Waals surface area contributed by atoms with Gasteiger partial charge in [0.2, 0.25) is 5.91 Å². The van der Waals surface area contributed by atoms with E-state index in [1.165, 1.54) is 37.4 Å². The normalized spacial score (nSPS) is 17.2. The van der Waals surface area contributed by atoms with E-state index in [9.17, 15) is 4.79 Å². The van der Waals surface area contributed by atoms with E-state index in [0.717, 1.165) is 22.7 Å². The number of nitrogens with zero attached hydrogens (tertiary/aromatic N) is 2. The van der Waals surface area contributed by atoms with Crippen LogP contribution in [0.4, 0.5) is 0 Å². The van der Waals surface area contributed by atoms with Crippen LogP contribution in [-0.2, 0) is 4.79 Å². The third-order valence-electron chi connectivity index (χ3n) is 4.61. The van der Waals surface area contributed by atoms with Gasteiger partial charge in [-0.15, -0.1) is 0 Å². The van der Waals surface area contributed by atoms with Gasteiger partial charge in [-0.05, 0) is 55.7 Å². The van der Waals surface area contributed by atoms with E-state index in [2.05, 4.69) is 10.3 Å². The molecule has 126 valence electrons. The summed E-state index contributed by atoms with van der Waals surface area (Å²) >= 11 is 7.53. The molecule has 1 heterocycles. The predicted octanol–water partition coefficient (Wildman–Crippen LogP) is 3.92. The van der Waals surface area contributed by atoms with Crippen molar-refractivity contribution >= 4 is 29.3 Å². The smallest absolute Gasteiger partial charge is 0.230 e. The summed E-state index contributed by atoms with van der Waals surface area (Å²) in [5.74, 6) is 1.96. The Morgan fingerprint density at radius 1 is 1.33 bits per heavy atom. The molecule has 4 rings (SSSR count). The van der Waals surface area contributed by atoms with Crippen LogP contribution in [0.2, 0.25) is 5.02 Å². The van der Waals surface area contributed by atoms with E-state index in [4.69, 9.17) is 11.6 Å². The fourth-order valence-electron chi connectivity index (χ4n) is 3.11. The molecule has 6 heteroatoms. The molecule has 1 N–H and O–H groups in total. The number of halogens is 1. The van der Waals surface area contributed by atoms with Gasteiger partial charge in [0.05, 0.1) is 5.75 Å². The first-order valence-corrected chi connectivity index (χ1v) is 9.78. The summed E-state index contributed by atoms with van der Waals surface area (Å²) in [6.07, 6.45) is 8.73. The Morgan fingerprint density at radius 2 is 2.08 bits per heavy atom. The van der Waals surface area contributed by atoms with Crippen molar-refractivity contribution in [3.05, 3.63) is 41.7 Å². The molecular weight excluding hydrogens is 342 g/mol. The van der Waals surface area contributed by atoms with Crippen LogP contribution < -0.4 is 5.32 Å². The highest BCUT2D eigenvalue weighted by molar-refractivity contribution is 7.99. The second kappa shape index (κ2) is 6.81. The Morgan fingerprint density at radius 3 is 2.75 bits per heavy atom. The molecule has 2 fully saturated rings. The number of aromatic nitrogens is 2. The number of carbonyl (C=O) groups is 1. The molecule has 0 bridgehead atoms. The average molecular weight is 362 g/mol. The van der Waals surface area contributed by atoms with Crippen molar-refractivity contribution in [2.75, 3.05) is 5.75 Å². The number of hydrogen-bond donors (Lipinski definition) is 1. The summed E-state index contributed by atoms with van der Waals surface area (Å²) in [4.78, 5) is 16.7. The maximum atomic E-state index is 12.3. The number of carbonyl (C=O) groups excluding carboxylic acids is 1. The maximum Gasteiger partial charge on any atom is 0.230 e. The van der Waals surface area contributed by atoms with Crippen molar-refractivity contribution < 1.29 is 4.79 Å². The zero-order valence-electron chi connectivity index (χ0n) is 13.3. The standard InChI is InChI=1S/C18H20ClN3OS/c19-14-2-1-3-15(10-14)22-9-8-20-18(22)24-11-16(23)21-17(12-4-5-12)13-6-7-13/h1-3,8-10,12-13,17H,4-7,11H2,(H,21,23). The van der Waals surface area contributed by atoms with Gasteiger partial charge in [0, 0.05) is 29.1 Å². The van der Waals surface area contributed by atoms with Crippen molar-refractivity contribution in [3.8, 4) is 5.69 Å². The highest BCUT2D eigenvalue weighted by Crippen LogP contribution is 2.44. The van der Waals surface area contributed by atoms with Crippen LogP contribution in [-0.4, -0.2) is 27.3 Å². The number of hydrogen-bond acceptors (Lipinski definition) is 3. The van der Waals surface area contributed by atoms with E-state index >= 15 is 0 Å². The van der Waals surface area contributed by atoms with Crippen molar-refractivity contribution in [2.45, 2.75) is 36.9 Å². The molecule has 2 aliphatic carbocycles. The summed E-state index contributed by atoms with van der Waals surface area (Å²) in [5.41, 5.74) is 0.955. The first kappa shape index (κ1) is 16.0. The molecule has 2 aliphatic rings. The summed E-state index contributed by atoms with van der Waals surface area (Å²) < 4.78 is 1.96. The highest BCUT2D eigenvalue weighted by Gasteiger charge is 2.42. The number of imidazole rings is 1. The Balaban J connectivity index is 1.37. The quantitative estimate of drug-likeness (QED) is 0.760.